The summed E-state index contributed by atoms with van der Waals surface area (Å²) in [7, 11) is -1.09. The SMILES string of the molecule is Cc1cn(COCC[Si](C)(C)C)c2ncnc(CC3CCC(N4CCN(C(=O)OC(C)(C)C)CC4)CC3)c12. The molecule has 0 spiro atoms. The molecule has 0 unspecified atom stereocenters. The molecule has 0 atom stereocenters. The molecule has 2 fully saturated rings. The van der Waals surface area contributed by atoms with Gasteiger partial charge in [-0.3, -0.25) is 4.90 Å². The highest BCUT2D eigenvalue weighted by Gasteiger charge is 2.31. The van der Waals surface area contributed by atoms with Crippen molar-refractivity contribution in [2.45, 2.75) is 104 Å². The van der Waals surface area contributed by atoms with Crippen molar-refractivity contribution in [1.29, 1.82) is 0 Å². The van der Waals surface area contributed by atoms with Crippen molar-refractivity contribution < 1.29 is 14.3 Å². The molecule has 1 saturated heterocycles. The highest BCUT2D eigenvalue weighted by Crippen LogP contribution is 2.32. The third-order valence-electron chi connectivity index (χ3n) is 7.93. The number of piperazine rings is 1. The summed E-state index contributed by atoms with van der Waals surface area (Å²) in [5, 5.41) is 1.21. The van der Waals surface area contributed by atoms with Gasteiger partial charge in [-0.1, -0.05) is 19.6 Å². The van der Waals surface area contributed by atoms with Gasteiger partial charge < -0.3 is 18.9 Å². The quantitative estimate of drug-likeness (QED) is 0.314. The Morgan fingerprint density at radius 1 is 1.05 bits per heavy atom. The van der Waals surface area contributed by atoms with E-state index < -0.39 is 13.7 Å². The van der Waals surface area contributed by atoms with Gasteiger partial charge in [0, 0.05) is 58.5 Å². The number of hydrogen-bond donors (Lipinski definition) is 0. The second kappa shape index (κ2) is 12.0. The first-order chi connectivity index (χ1) is 17.9. The van der Waals surface area contributed by atoms with E-state index in [-0.39, 0.29) is 6.09 Å². The summed E-state index contributed by atoms with van der Waals surface area (Å²) in [5.74, 6) is 0.656. The van der Waals surface area contributed by atoms with E-state index >= 15 is 0 Å². The molecule has 0 N–H and O–H groups in total. The van der Waals surface area contributed by atoms with E-state index in [4.69, 9.17) is 14.5 Å². The fraction of sp³-hybridized carbons (Fsp3) is 0.759. The van der Waals surface area contributed by atoms with Crippen LogP contribution in [-0.2, 0) is 22.6 Å². The summed E-state index contributed by atoms with van der Waals surface area (Å²) < 4.78 is 13.7. The lowest BCUT2D eigenvalue weighted by Gasteiger charge is -2.42. The average Bonchev–Trinajstić information content (AvgIpc) is 3.17. The van der Waals surface area contributed by atoms with Gasteiger partial charge in [0.15, 0.2) is 0 Å². The molecule has 1 aliphatic heterocycles. The van der Waals surface area contributed by atoms with Gasteiger partial charge in [0.1, 0.15) is 24.3 Å². The lowest BCUT2D eigenvalue weighted by atomic mass is 9.82. The van der Waals surface area contributed by atoms with Gasteiger partial charge in [-0.25, -0.2) is 14.8 Å². The van der Waals surface area contributed by atoms with Gasteiger partial charge in [-0.2, -0.15) is 0 Å². The van der Waals surface area contributed by atoms with E-state index in [1.54, 1.807) is 6.33 Å². The van der Waals surface area contributed by atoms with Gasteiger partial charge in [0.25, 0.3) is 0 Å². The van der Waals surface area contributed by atoms with Crippen molar-refractivity contribution in [3.8, 4) is 0 Å². The van der Waals surface area contributed by atoms with E-state index in [2.05, 4.69) is 47.2 Å². The average molecular weight is 544 g/mol. The Hall–Kier alpha value is -1.97. The van der Waals surface area contributed by atoms with Crippen LogP contribution in [0.25, 0.3) is 11.0 Å². The molecule has 0 radical (unpaired) electrons. The molecular weight excluding hydrogens is 494 g/mol. The Kier molecular flexibility index (Phi) is 9.20. The summed E-state index contributed by atoms with van der Waals surface area (Å²) >= 11 is 0. The smallest absolute Gasteiger partial charge is 0.410 e. The van der Waals surface area contributed by atoms with E-state index in [1.807, 2.05) is 25.7 Å². The highest BCUT2D eigenvalue weighted by atomic mass is 28.3. The topological polar surface area (TPSA) is 72.7 Å². The Balaban J connectivity index is 1.28. The summed E-state index contributed by atoms with van der Waals surface area (Å²) in [5.41, 5.74) is 2.98. The molecular formula is C29H49N5O3Si. The summed E-state index contributed by atoms with van der Waals surface area (Å²) in [6.45, 7) is 19.8. The van der Waals surface area contributed by atoms with Gasteiger partial charge in [-0.05, 0) is 77.3 Å². The molecule has 38 heavy (non-hydrogen) atoms. The van der Waals surface area contributed by atoms with Crippen LogP contribution in [0.3, 0.4) is 0 Å². The Labute approximate surface area is 230 Å². The largest absolute Gasteiger partial charge is 0.444 e. The van der Waals surface area contributed by atoms with Crippen LogP contribution in [-0.4, -0.2) is 82.9 Å². The standard InChI is InChI=1S/C29H49N5O3Si/c1-22-19-34(21-36-16-17-38(5,6)7)27-26(22)25(30-20-31-27)18-23-8-10-24(11-9-23)32-12-14-33(15-13-32)28(35)37-29(2,3)4/h19-20,23-24H,8-18,21H2,1-7H3. The number of aryl methyl sites for hydroxylation is 1. The van der Waals surface area contributed by atoms with Crippen LogP contribution in [0.5, 0.6) is 0 Å². The third-order valence-corrected chi connectivity index (χ3v) is 9.63. The lowest BCUT2D eigenvalue weighted by molar-refractivity contribution is 0.00719. The molecule has 1 saturated carbocycles. The number of nitrogens with zero attached hydrogens (tertiary/aromatic N) is 5. The van der Waals surface area contributed by atoms with Gasteiger partial charge >= 0.3 is 6.09 Å². The summed E-state index contributed by atoms with van der Waals surface area (Å²) in [6.07, 6.45) is 9.62. The Morgan fingerprint density at radius 3 is 2.37 bits per heavy atom. The van der Waals surface area contributed by atoms with Gasteiger partial charge in [0.2, 0.25) is 0 Å². The lowest BCUT2D eigenvalue weighted by Crippen LogP contribution is -2.53. The van der Waals surface area contributed by atoms with Crippen molar-refractivity contribution >= 4 is 25.2 Å². The maximum Gasteiger partial charge on any atom is 0.410 e. The van der Waals surface area contributed by atoms with E-state index in [0.717, 1.165) is 44.9 Å². The first-order valence-corrected chi connectivity index (χ1v) is 18.2. The van der Waals surface area contributed by atoms with Crippen molar-refractivity contribution in [2.24, 2.45) is 5.92 Å². The zero-order valence-electron chi connectivity index (χ0n) is 24.8. The van der Waals surface area contributed by atoms with Crippen LogP contribution in [0.2, 0.25) is 25.7 Å². The first kappa shape index (κ1) is 29.0. The molecule has 2 aromatic rings. The zero-order chi connectivity index (χ0) is 27.5. The predicted molar refractivity (Wildman–Crippen MR) is 155 cm³/mol. The van der Waals surface area contributed by atoms with E-state index in [1.165, 1.54) is 48.4 Å². The maximum atomic E-state index is 12.4. The second-order valence-electron chi connectivity index (χ2n) is 13.5. The highest BCUT2D eigenvalue weighted by molar-refractivity contribution is 6.76. The van der Waals surface area contributed by atoms with Crippen LogP contribution in [0.1, 0.15) is 57.7 Å². The number of amides is 1. The number of carbonyl (C=O) groups excluding carboxylic acids is 1. The van der Waals surface area contributed by atoms with Crippen molar-refractivity contribution in [3.05, 3.63) is 23.8 Å². The number of aromatic nitrogens is 3. The van der Waals surface area contributed by atoms with E-state index in [9.17, 15) is 4.79 Å². The van der Waals surface area contributed by atoms with E-state index in [0.29, 0.717) is 18.7 Å². The third kappa shape index (κ3) is 7.79. The summed E-state index contributed by atoms with van der Waals surface area (Å²) in [4.78, 5) is 26.2. The van der Waals surface area contributed by atoms with Crippen LogP contribution in [0.4, 0.5) is 4.79 Å². The monoisotopic (exact) mass is 543 g/mol. The zero-order valence-corrected chi connectivity index (χ0v) is 25.8. The molecule has 3 heterocycles. The molecule has 2 aliphatic rings. The fourth-order valence-electron chi connectivity index (χ4n) is 5.77. The molecule has 212 valence electrons. The number of rotatable bonds is 8. The predicted octanol–water partition coefficient (Wildman–Crippen LogP) is 5.71. The van der Waals surface area contributed by atoms with Crippen LogP contribution in [0.15, 0.2) is 12.5 Å². The van der Waals surface area contributed by atoms with Crippen LogP contribution < -0.4 is 0 Å². The molecule has 4 rings (SSSR count). The van der Waals surface area contributed by atoms with Crippen molar-refractivity contribution in [2.75, 3.05) is 32.8 Å². The minimum atomic E-state index is -1.09. The number of hydrogen-bond acceptors (Lipinski definition) is 6. The number of fused-ring (bicyclic) bond motifs is 1. The molecule has 0 bridgehead atoms. The molecule has 2 aromatic heterocycles. The van der Waals surface area contributed by atoms with Gasteiger partial charge in [0.05, 0.1) is 5.69 Å². The number of carbonyl (C=O) groups is 1. The maximum absolute atomic E-state index is 12.4. The molecule has 9 heteroatoms. The number of ether oxygens (including phenoxy) is 2. The summed E-state index contributed by atoms with van der Waals surface area (Å²) in [6, 6.07) is 1.79. The van der Waals surface area contributed by atoms with Gasteiger partial charge in [-0.15, -0.1) is 0 Å². The first-order valence-electron chi connectivity index (χ1n) is 14.5. The van der Waals surface area contributed by atoms with Crippen molar-refractivity contribution in [1.82, 2.24) is 24.3 Å². The minimum Gasteiger partial charge on any atom is -0.444 e. The minimum absolute atomic E-state index is 0.181. The Morgan fingerprint density at radius 2 is 1.74 bits per heavy atom. The fourth-order valence-corrected chi connectivity index (χ4v) is 6.53. The Bertz CT molecular complexity index is 1070. The molecule has 1 aliphatic carbocycles. The molecule has 0 aromatic carbocycles. The van der Waals surface area contributed by atoms with Crippen LogP contribution in [0, 0.1) is 12.8 Å². The van der Waals surface area contributed by atoms with Crippen LogP contribution >= 0.6 is 0 Å². The normalized spacial score (nSPS) is 21.7. The van der Waals surface area contributed by atoms with Crippen molar-refractivity contribution in [3.63, 3.8) is 0 Å². The molecule has 1 amide bonds. The molecule has 8 nitrogen and oxygen atoms in total. The second-order valence-corrected chi connectivity index (χ2v) is 19.2.